The number of amides is 2. The van der Waals surface area contributed by atoms with Gasteiger partial charge < -0.3 is 25.2 Å². The normalized spacial score (nSPS) is 14.7. The summed E-state index contributed by atoms with van der Waals surface area (Å²) in [6.07, 6.45) is 1.11. The first-order valence-corrected chi connectivity index (χ1v) is 6.80. The first-order chi connectivity index (χ1) is 10.1. The van der Waals surface area contributed by atoms with Gasteiger partial charge in [-0.25, -0.2) is 9.59 Å². The molecule has 1 aliphatic rings. The second-order valence-electron chi connectivity index (χ2n) is 4.61. The lowest BCUT2D eigenvalue weighted by atomic mass is 10.2. The predicted octanol–water partition coefficient (Wildman–Crippen LogP) is 1.83. The Labute approximate surface area is 122 Å². The Morgan fingerprint density at radius 3 is 2.67 bits per heavy atom. The molecular formula is C14H18N2O5. The number of urea groups is 1. The van der Waals surface area contributed by atoms with Crippen LogP contribution in [0.1, 0.15) is 19.8 Å². The average Bonchev–Trinajstić information content (AvgIpc) is 2.69. The fourth-order valence-corrected chi connectivity index (χ4v) is 1.90. The van der Waals surface area contributed by atoms with Crippen molar-refractivity contribution in [2.24, 2.45) is 0 Å². The van der Waals surface area contributed by atoms with E-state index in [2.05, 4.69) is 10.6 Å². The lowest BCUT2D eigenvalue weighted by Crippen LogP contribution is -2.42. The van der Waals surface area contributed by atoms with E-state index < -0.39 is 18.0 Å². The summed E-state index contributed by atoms with van der Waals surface area (Å²) in [5, 5.41) is 13.9. The quantitative estimate of drug-likeness (QED) is 0.787. The number of carboxylic acid groups (broad SMARTS) is 1. The SMILES string of the molecule is CC[C@@H](NC(=O)Nc1ccc2c(c1)OCCCO2)C(=O)O. The van der Waals surface area contributed by atoms with Crippen LogP contribution in [0.2, 0.25) is 0 Å². The summed E-state index contributed by atoms with van der Waals surface area (Å²) < 4.78 is 11.0. The maximum Gasteiger partial charge on any atom is 0.326 e. The molecule has 1 aromatic rings. The number of ether oxygens (including phenoxy) is 2. The molecule has 114 valence electrons. The van der Waals surface area contributed by atoms with Gasteiger partial charge in [-0.3, -0.25) is 0 Å². The Bertz CT molecular complexity index is 532. The zero-order valence-corrected chi connectivity index (χ0v) is 11.7. The summed E-state index contributed by atoms with van der Waals surface area (Å²) in [6.45, 7) is 2.84. The molecule has 0 radical (unpaired) electrons. The highest BCUT2D eigenvalue weighted by Gasteiger charge is 2.18. The molecule has 3 N–H and O–H groups in total. The zero-order valence-electron chi connectivity index (χ0n) is 11.7. The van der Waals surface area contributed by atoms with Crippen LogP contribution in [0.15, 0.2) is 18.2 Å². The largest absolute Gasteiger partial charge is 0.490 e. The molecule has 0 spiro atoms. The molecule has 2 amide bonds. The molecule has 1 aromatic carbocycles. The van der Waals surface area contributed by atoms with Crippen molar-refractivity contribution in [3.8, 4) is 11.5 Å². The standard InChI is InChI=1S/C14H18N2O5/c1-2-10(13(17)18)16-14(19)15-9-4-5-11-12(8-9)21-7-3-6-20-11/h4-5,8,10H,2-3,6-7H2,1H3,(H,17,18)(H2,15,16,19)/t10-/m1/s1. The highest BCUT2D eigenvalue weighted by Crippen LogP contribution is 2.32. The second-order valence-corrected chi connectivity index (χ2v) is 4.61. The van der Waals surface area contributed by atoms with Crippen LogP contribution in [-0.2, 0) is 4.79 Å². The van der Waals surface area contributed by atoms with Gasteiger partial charge in [-0.1, -0.05) is 6.92 Å². The van der Waals surface area contributed by atoms with E-state index in [4.69, 9.17) is 14.6 Å². The van der Waals surface area contributed by atoms with Crippen LogP contribution in [0.5, 0.6) is 11.5 Å². The van der Waals surface area contributed by atoms with Crippen LogP contribution >= 0.6 is 0 Å². The molecule has 2 rings (SSSR count). The van der Waals surface area contributed by atoms with E-state index in [1.807, 2.05) is 0 Å². The minimum absolute atomic E-state index is 0.309. The number of fused-ring (bicyclic) bond motifs is 1. The van der Waals surface area contributed by atoms with Gasteiger partial charge in [-0.05, 0) is 18.6 Å². The smallest absolute Gasteiger partial charge is 0.326 e. The summed E-state index contributed by atoms with van der Waals surface area (Å²) in [7, 11) is 0. The van der Waals surface area contributed by atoms with Crippen LogP contribution in [-0.4, -0.2) is 36.4 Å². The summed E-state index contributed by atoms with van der Waals surface area (Å²) >= 11 is 0. The molecule has 0 unspecified atom stereocenters. The number of aliphatic carboxylic acids is 1. The van der Waals surface area contributed by atoms with Gasteiger partial charge in [0.05, 0.1) is 13.2 Å². The van der Waals surface area contributed by atoms with E-state index in [0.717, 1.165) is 6.42 Å². The molecule has 1 heterocycles. The Morgan fingerprint density at radius 2 is 2.00 bits per heavy atom. The number of carboxylic acids is 1. The molecule has 1 atom stereocenters. The van der Waals surface area contributed by atoms with Crippen LogP contribution in [0.25, 0.3) is 0 Å². The van der Waals surface area contributed by atoms with Gasteiger partial charge in [-0.15, -0.1) is 0 Å². The van der Waals surface area contributed by atoms with Crippen molar-refractivity contribution in [3.05, 3.63) is 18.2 Å². The summed E-state index contributed by atoms with van der Waals surface area (Å²) in [5.41, 5.74) is 0.511. The maximum absolute atomic E-state index is 11.8. The first kappa shape index (κ1) is 15.0. The molecule has 7 heteroatoms. The molecule has 0 saturated heterocycles. The molecule has 0 bridgehead atoms. The van der Waals surface area contributed by atoms with Crippen LogP contribution in [0, 0.1) is 0 Å². The second kappa shape index (κ2) is 6.83. The number of carbonyl (C=O) groups is 2. The number of nitrogens with one attached hydrogen (secondary N) is 2. The Morgan fingerprint density at radius 1 is 1.29 bits per heavy atom. The van der Waals surface area contributed by atoms with Gasteiger partial charge in [0.1, 0.15) is 6.04 Å². The Kier molecular flexibility index (Phi) is 4.86. The van der Waals surface area contributed by atoms with E-state index >= 15 is 0 Å². The summed E-state index contributed by atoms with van der Waals surface area (Å²) in [6, 6.07) is 3.56. The van der Waals surface area contributed by atoms with Crippen molar-refractivity contribution in [1.82, 2.24) is 5.32 Å². The van der Waals surface area contributed by atoms with Crippen LogP contribution < -0.4 is 20.1 Å². The van der Waals surface area contributed by atoms with Gasteiger partial charge in [-0.2, -0.15) is 0 Å². The van der Waals surface area contributed by atoms with Crippen molar-refractivity contribution >= 4 is 17.7 Å². The van der Waals surface area contributed by atoms with Crippen molar-refractivity contribution < 1.29 is 24.2 Å². The van der Waals surface area contributed by atoms with Gasteiger partial charge >= 0.3 is 12.0 Å². The molecular weight excluding hydrogens is 276 g/mol. The third-order valence-corrected chi connectivity index (χ3v) is 3.02. The molecule has 1 aliphatic heterocycles. The summed E-state index contributed by atoms with van der Waals surface area (Å²) in [5.74, 6) is 0.136. The van der Waals surface area contributed by atoms with Crippen LogP contribution in [0.3, 0.4) is 0 Å². The maximum atomic E-state index is 11.8. The third kappa shape index (κ3) is 4.01. The fraction of sp³-hybridized carbons (Fsp3) is 0.429. The predicted molar refractivity (Wildman–Crippen MR) is 75.9 cm³/mol. The number of anilines is 1. The molecule has 0 aromatic heterocycles. The molecule has 7 nitrogen and oxygen atoms in total. The highest BCUT2D eigenvalue weighted by molar-refractivity contribution is 5.92. The lowest BCUT2D eigenvalue weighted by molar-refractivity contribution is -0.139. The monoisotopic (exact) mass is 294 g/mol. The van der Waals surface area contributed by atoms with Crippen molar-refractivity contribution in [3.63, 3.8) is 0 Å². The summed E-state index contributed by atoms with van der Waals surface area (Å²) in [4.78, 5) is 22.6. The van der Waals surface area contributed by atoms with Gasteiger partial charge in [0, 0.05) is 18.2 Å². The fourth-order valence-electron chi connectivity index (χ4n) is 1.90. The zero-order chi connectivity index (χ0) is 15.2. The first-order valence-electron chi connectivity index (χ1n) is 6.80. The number of rotatable bonds is 4. The van der Waals surface area contributed by atoms with E-state index in [-0.39, 0.29) is 0 Å². The topological polar surface area (TPSA) is 96.9 Å². The van der Waals surface area contributed by atoms with Crippen molar-refractivity contribution in [2.75, 3.05) is 18.5 Å². The number of hydrogen-bond donors (Lipinski definition) is 3. The average molecular weight is 294 g/mol. The molecule has 21 heavy (non-hydrogen) atoms. The van der Waals surface area contributed by atoms with Crippen molar-refractivity contribution in [1.29, 1.82) is 0 Å². The number of carbonyl (C=O) groups excluding carboxylic acids is 1. The minimum atomic E-state index is -1.06. The number of benzene rings is 1. The van der Waals surface area contributed by atoms with Gasteiger partial charge in [0.2, 0.25) is 0 Å². The third-order valence-electron chi connectivity index (χ3n) is 3.02. The Balaban J connectivity index is 2.01. The van der Waals surface area contributed by atoms with Gasteiger partial charge in [0.25, 0.3) is 0 Å². The molecule has 0 aliphatic carbocycles. The van der Waals surface area contributed by atoms with E-state index in [1.165, 1.54) is 0 Å². The van der Waals surface area contributed by atoms with E-state index in [1.54, 1.807) is 25.1 Å². The molecule has 0 fully saturated rings. The Hall–Kier alpha value is -2.44. The van der Waals surface area contributed by atoms with Gasteiger partial charge in [0.15, 0.2) is 11.5 Å². The lowest BCUT2D eigenvalue weighted by Gasteiger charge is -2.14. The van der Waals surface area contributed by atoms with E-state index in [0.29, 0.717) is 36.8 Å². The molecule has 0 saturated carbocycles. The van der Waals surface area contributed by atoms with Crippen LogP contribution in [0.4, 0.5) is 10.5 Å². The van der Waals surface area contributed by atoms with Crippen molar-refractivity contribution in [2.45, 2.75) is 25.8 Å². The highest BCUT2D eigenvalue weighted by atomic mass is 16.5. The number of hydrogen-bond acceptors (Lipinski definition) is 4. The van der Waals surface area contributed by atoms with E-state index in [9.17, 15) is 9.59 Å². The minimum Gasteiger partial charge on any atom is -0.490 e.